The third kappa shape index (κ3) is 1.74. The van der Waals surface area contributed by atoms with Crippen molar-refractivity contribution in [2.24, 2.45) is 0 Å². The molecule has 0 aliphatic carbocycles. The van der Waals surface area contributed by atoms with Gasteiger partial charge in [-0.05, 0) is 12.5 Å². The van der Waals surface area contributed by atoms with Crippen molar-refractivity contribution in [2.45, 2.75) is 20.3 Å². The van der Waals surface area contributed by atoms with E-state index in [2.05, 4.69) is 52.2 Å². The molecule has 0 N–H and O–H groups in total. The van der Waals surface area contributed by atoms with Crippen LogP contribution < -0.4 is 28.5 Å². The molecule has 0 radical (unpaired) electrons. The normalized spacial score (nSPS) is 17.3. The van der Waals surface area contributed by atoms with E-state index in [1.807, 2.05) is 0 Å². The second-order valence-corrected chi connectivity index (χ2v) is 4.39. The van der Waals surface area contributed by atoms with Gasteiger partial charge in [0.1, 0.15) is 11.4 Å². The van der Waals surface area contributed by atoms with Crippen LogP contribution in [0.2, 0.25) is 0 Å². The summed E-state index contributed by atoms with van der Waals surface area (Å²) in [6, 6.07) is 8.74. The monoisotopic (exact) mass is 315 g/mol. The van der Waals surface area contributed by atoms with Crippen LogP contribution in [-0.4, -0.2) is 14.1 Å². The first kappa shape index (κ1) is 12.7. The van der Waals surface area contributed by atoms with E-state index in [4.69, 9.17) is 0 Å². The molecule has 0 aromatic heterocycles. The fourth-order valence-corrected chi connectivity index (χ4v) is 2.38. The maximum absolute atomic E-state index is 2.26. The predicted molar refractivity (Wildman–Crippen MR) is 63.0 cm³/mol. The molecule has 0 fully saturated rings. The molecule has 0 amide bonds. The summed E-state index contributed by atoms with van der Waals surface area (Å²) in [6.45, 7) is 4.49. The zero-order valence-corrected chi connectivity index (χ0v) is 12.0. The predicted octanol–water partition coefficient (Wildman–Crippen LogP) is 0.412. The minimum absolute atomic E-state index is 0. The maximum Gasteiger partial charge on any atom is 0.145 e. The average molecular weight is 315 g/mol. The maximum atomic E-state index is 2.26. The van der Waals surface area contributed by atoms with E-state index in [-0.39, 0.29) is 24.0 Å². The van der Waals surface area contributed by atoms with Gasteiger partial charge in [0.25, 0.3) is 0 Å². The first-order chi connectivity index (χ1) is 6.59. The summed E-state index contributed by atoms with van der Waals surface area (Å²) >= 11 is 0. The zero-order valence-electron chi connectivity index (χ0n) is 9.84. The van der Waals surface area contributed by atoms with Crippen molar-refractivity contribution >= 4 is 11.3 Å². The summed E-state index contributed by atoms with van der Waals surface area (Å²) in [6.07, 6.45) is 1.13. The van der Waals surface area contributed by atoms with Gasteiger partial charge in [-0.3, -0.25) is 4.48 Å². The molecular weight excluding hydrogens is 297 g/mol. The molecule has 82 valence electrons. The summed E-state index contributed by atoms with van der Waals surface area (Å²) in [5.74, 6) is 0. The molecule has 0 unspecified atom stereocenters. The van der Waals surface area contributed by atoms with Gasteiger partial charge in [0.15, 0.2) is 0 Å². The molecule has 0 saturated heterocycles. The van der Waals surface area contributed by atoms with Crippen LogP contribution in [0.5, 0.6) is 0 Å². The number of rotatable bonds is 1. The second-order valence-electron chi connectivity index (χ2n) is 4.39. The molecule has 1 nitrogen and oxygen atoms in total. The number of hydrogen-bond acceptors (Lipinski definition) is 0. The van der Waals surface area contributed by atoms with E-state index in [0.717, 1.165) is 10.9 Å². The SMILES string of the molecule is CCC1=C(C)[N+](C)(C)c2ccccc21.[I-]. The first-order valence-corrected chi connectivity index (χ1v) is 5.23. The number of allylic oxidation sites excluding steroid dienone is 2. The Bertz CT molecular complexity index is 405. The van der Waals surface area contributed by atoms with Crippen LogP contribution in [0.4, 0.5) is 5.69 Å². The van der Waals surface area contributed by atoms with Gasteiger partial charge >= 0.3 is 0 Å². The Morgan fingerprint density at radius 2 is 1.73 bits per heavy atom. The van der Waals surface area contributed by atoms with E-state index < -0.39 is 0 Å². The summed E-state index contributed by atoms with van der Waals surface area (Å²) in [4.78, 5) is 0. The van der Waals surface area contributed by atoms with E-state index in [1.54, 1.807) is 0 Å². The molecular formula is C13H18IN. The number of halogens is 1. The number of benzene rings is 1. The van der Waals surface area contributed by atoms with E-state index in [9.17, 15) is 0 Å². The van der Waals surface area contributed by atoms with Crippen molar-refractivity contribution in [3.63, 3.8) is 0 Å². The van der Waals surface area contributed by atoms with Crippen molar-refractivity contribution < 1.29 is 24.0 Å². The fraction of sp³-hybridized carbons (Fsp3) is 0.385. The van der Waals surface area contributed by atoms with Crippen LogP contribution >= 0.6 is 0 Å². The van der Waals surface area contributed by atoms with Crippen molar-refractivity contribution in [1.82, 2.24) is 4.48 Å². The van der Waals surface area contributed by atoms with Crippen LogP contribution in [0.25, 0.3) is 5.57 Å². The molecule has 1 heterocycles. The zero-order chi connectivity index (χ0) is 10.3. The van der Waals surface area contributed by atoms with Crippen molar-refractivity contribution in [3.8, 4) is 0 Å². The topological polar surface area (TPSA) is 0 Å². The number of quaternary nitrogens is 1. The minimum atomic E-state index is 0. The Kier molecular flexibility index (Phi) is 3.61. The highest BCUT2D eigenvalue weighted by atomic mass is 127. The van der Waals surface area contributed by atoms with Gasteiger partial charge in [0.05, 0.1) is 14.1 Å². The highest BCUT2D eigenvalue weighted by molar-refractivity contribution is 5.84. The summed E-state index contributed by atoms with van der Waals surface area (Å²) in [5.41, 5.74) is 5.87. The van der Waals surface area contributed by atoms with Gasteiger partial charge in [-0.2, -0.15) is 0 Å². The molecule has 1 aromatic carbocycles. The van der Waals surface area contributed by atoms with E-state index in [1.165, 1.54) is 22.5 Å². The Morgan fingerprint density at radius 3 is 2.33 bits per heavy atom. The van der Waals surface area contributed by atoms with Gasteiger partial charge in [-0.25, -0.2) is 0 Å². The number of para-hydroxylation sites is 1. The van der Waals surface area contributed by atoms with Crippen LogP contribution in [0.1, 0.15) is 25.8 Å². The van der Waals surface area contributed by atoms with Crippen LogP contribution in [0, 0.1) is 0 Å². The molecule has 0 bridgehead atoms. The van der Waals surface area contributed by atoms with E-state index >= 15 is 0 Å². The largest absolute Gasteiger partial charge is 1.00 e. The molecule has 1 aliphatic rings. The number of nitrogens with zero attached hydrogens (tertiary/aromatic N) is 1. The third-order valence-corrected chi connectivity index (χ3v) is 3.46. The highest BCUT2D eigenvalue weighted by Crippen LogP contribution is 2.43. The lowest BCUT2D eigenvalue weighted by Gasteiger charge is -2.25. The smallest absolute Gasteiger partial charge is 0.145 e. The summed E-state index contributed by atoms with van der Waals surface area (Å²) in [5, 5.41) is 0. The Hall–Kier alpha value is -0.350. The molecule has 1 aromatic rings. The molecule has 2 heteroatoms. The number of hydrogen-bond donors (Lipinski definition) is 0. The Morgan fingerprint density at radius 1 is 1.13 bits per heavy atom. The van der Waals surface area contributed by atoms with Crippen LogP contribution in [-0.2, 0) is 0 Å². The molecule has 0 spiro atoms. The quantitative estimate of drug-likeness (QED) is 0.520. The molecule has 2 rings (SSSR count). The van der Waals surface area contributed by atoms with Crippen LogP contribution in [0.15, 0.2) is 30.0 Å². The van der Waals surface area contributed by atoms with Gasteiger partial charge in [0, 0.05) is 24.1 Å². The van der Waals surface area contributed by atoms with Crippen molar-refractivity contribution in [3.05, 3.63) is 35.5 Å². The molecule has 0 saturated carbocycles. The first-order valence-electron chi connectivity index (χ1n) is 5.23. The molecule has 15 heavy (non-hydrogen) atoms. The average Bonchev–Trinajstić information content (AvgIpc) is 2.37. The lowest BCUT2D eigenvalue weighted by molar-refractivity contribution is -0.00000303. The number of fused-ring (bicyclic) bond motifs is 1. The fourth-order valence-electron chi connectivity index (χ4n) is 2.38. The minimum Gasteiger partial charge on any atom is -1.00 e. The van der Waals surface area contributed by atoms with Gasteiger partial charge < -0.3 is 24.0 Å². The Balaban J connectivity index is 0.00000112. The third-order valence-electron chi connectivity index (χ3n) is 3.46. The van der Waals surface area contributed by atoms with Gasteiger partial charge in [0.2, 0.25) is 0 Å². The lowest BCUT2D eigenvalue weighted by atomic mass is 10.0. The van der Waals surface area contributed by atoms with Crippen LogP contribution in [0.3, 0.4) is 0 Å². The van der Waals surface area contributed by atoms with Crippen molar-refractivity contribution in [2.75, 3.05) is 14.1 Å². The lowest BCUT2D eigenvalue weighted by Crippen LogP contribution is -3.00. The van der Waals surface area contributed by atoms with Gasteiger partial charge in [-0.15, -0.1) is 0 Å². The summed E-state index contributed by atoms with van der Waals surface area (Å²) < 4.78 is 0.916. The Labute approximate surface area is 109 Å². The van der Waals surface area contributed by atoms with E-state index in [0.29, 0.717) is 0 Å². The standard InChI is InChI=1S/C13H18N.HI/c1-5-11-10(2)14(3,4)13-9-7-6-8-12(11)13;/h6-9H,5H2,1-4H3;1H/q+1;/p-1. The molecule has 1 aliphatic heterocycles. The van der Waals surface area contributed by atoms with Gasteiger partial charge in [-0.1, -0.05) is 19.1 Å². The second kappa shape index (κ2) is 4.26. The highest BCUT2D eigenvalue weighted by Gasteiger charge is 2.35. The molecule has 0 atom stereocenters. The van der Waals surface area contributed by atoms with Crippen molar-refractivity contribution in [1.29, 1.82) is 0 Å². The summed E-state index contributed by atoms with van der Waals surface area (Å²) in [7, 11) is 4.52.